The van der Waals surface area contributed by atoms with Crippen LogP contribution in [0.25, 0.3) is 0 Å². The molecule has 0 spiro atoms. The molecule has 0 radical (unpaired) electrons. The Bertz CT molecular complexity index is 551. The minimum Gasteiger partial charge on any atom is -0.458 e. The largest absolute Gasteiger partial charge is 0.472 e. The van der Waals surface area contributed by atoms with E-state index >= 15 is 0 Å². The van der Waals surface area contributed by atoms with E-state index in [1.807, 2.05) is 0 Å². The van der Waals surface area contributed by atoms with Gasteiger partial charge < -0.3 is 20.1 Å². The highest BCUT2D eigenvalue weighted by molar-refractivity contribution is 7.47. The monoisotopic (exact) mass is 551 g/mol. The van der Waals surface area contributed by atoms with Crippen LogP contribution in [0.2, 0.25) is 0 Å². The molecule has 0 bridgehead atoms. The zero-order valence-corrected chi connectivity index (χ0v) is 24.9. The van der Waals surface area contributed by atoms with Crippen molar-refractivity contribution >= 4 is 13.8 Å². The highest BCUT2D eigenvalue weighted by atomic mass is 31.2. The van der Waals surface area contributed by atoms with Crippen LogP contribution < -0.4 is 5.73 Å². The third-order valence-electron chi connectivity index (χ3n) is 6.32. The highest BCUT2D eigenvalue weighted by Crippen LogP contribution is 2.43. The van der Waals surface area contributed by atoms with Crippen molar-refractivity contribution in [1.82, 2.24) is 0 Å². The number of ether oxygens (including phenoxy) is 2. The van der Waals surface area contributed by atoms with E-state index in [4.69, 9.17) is 19.7 Å². The number of carbonyl (C=O) groups is 1. The Morgan fingerprint density at radius 3 is 1.54 bits per heavy atom. The number of nitrogens with two attached hydrogens (primary N) is 1. The average Bonchev–Trinajstić information content (AvgIpc) is 2.86. The standard InChI is InChI=1S/C28H58NO7P/c1-3-4-5-6-7-8-9-10-11-12-13-14-15-16-17-18-19-20-21-23-33-25-28(36-27(2)30)26-35-37(31,32)34-24-22-29/h28H,3-26,29H2,1-2H3,(H,31,32). The number of carbonyl (C=O) groups excluding carboxylic acids is 1. The molecule has 0 aromatic carbocycles. The van der Waals surface area contributed by atoms with Gasteiger partial charge in [-0.3, -0.25) is 13.8 Å². The second-order valence-corrected chi connectivity index (χ2v) is 11.5. The third kappa shape index (κ3) is 28.3. The molecule has 2 atom stereocenters. The van der Waals surface area contributed by atoms with E-state index in [9.17, 15) is 14.3 Å². The molecule has 9 heteroatoms. The van der Waals surface area contributed by atoms with Gasteiger partial charge in [-0.15, -0.1) is 0 Å². The number of phosphoric acid groups is 1. The molecule has 222 valence electrons. The van der Waals surface area contributed by atoms with Crippen molar-refractivity contribution < 1.29 is 32.8 Å². The molecule has 0 fully saturated rings. The predicted molar refractivity (Wildman–Crippen MR) is 151 cm³/mol. The van der Waals surface area contributed by atoms with Gasteiger partial charge in [0.05, 0.1) is 19.8 Å². The number of rotatable bonds is 29. The van der Waals surface area contributed by atoms with Gasteiger partial charge in [-0.05, 0) is 6.42 Å². The van der Waals surface area contributed by atoms with Crippen molar-refractivity contribution in [2.24, 2.45) is 5.73 Å². The molecule has 0 saturated heterocycles. The van der Waals surface area contributed by atoms with E-state index in [-0.39, 0.29) is 26.4 Å². The van der Waals surface area contributed by atoms with Gasteiger partial charge in [-0.1, -0.05) is 122 Å². The normalized spacial score (nSPS) is 13.9. The molecule has 0 aromatic heterocycles. The summed E-state index contributed by atoms with van der Waals surface area (Å²) in [5.74, 6) is -0.503. The molecule has 0 aliphatic heterocycles. The molecule has 3 N–H and O–H groups in total. The lowest BCUT2D eigenvalue weighted by Crippen LogP contribution is -2.27. The second-order valence-electron chi connectivity index (χ2n) is 10.1. The maximum atomic E-state index is 11.7. The van der Waals surface area contributed by atoms with Gasteiger partial charge in [-0.25, -0.2) is 4.57 Å². The van der Waals surface area contributed by atoms with Crippen LogP contribution in [0.3, 0.4) is 0 Å². The Balaban J connectivity index is 3.50. The van der Waals surface area contributed by atoms with E-state index in [1.165, 1.54) is 116 Å². The van der Waals surface area contributed by atoms with Crippen LogP contribution in [-0.2, 0) is 27.9 Å². The summed E-state index contributed by atoms with van der Waals surface area (Å²) in [6, 6.07) is 0. The maximum absolute atomic E-state index is 11.7. The van der Waals surface area contributed by atoms with E-state index in [1.54, 1.807) is 0 Å². The first-order valence-electron chi connectivity index (χ1n) is 15.0. The van der Waals surface area contributed by atoms with E-state index in [2.05, 4.69) is 11.4 Å². The molecular weight excluding hydrogens is 493 g/mol. The molecule has 0 amide bonds. The van der Waals surface area contributed by atoms with Crippen molar-refractivity contribution in [2.45, 2.75) is 142 Å². The number of unbranched alkanes of at least 4 members (excludes halogenated alkanes) is 18. The number of phosphoric ester groups is 1. The van der Waals surface area contributed by atoms with Crippen LogP contribution in [0.15, 0.2) is 0 Å². The van der Waals surface area contributed by atoms with Crippen molar-refractivity contribution in [1.29, 1.82) is 0 Å². The third-order valence-corrected chi connectivity index (χ3v) is 7.31. The topological polar surface area (TPSA) is 117 Å². The molecule has 2 unspecified atom stereocenters. The predicted octanol–water partition coefficient (Wildman–Crippen LogP) is 7.46. The van der Waals surface area contributed by atoms with Gasteiger partial charge in [0.25, 0.3) is 0 Å². The molecule has 0 aliphatic rings. The summed E-state index contributed by atoms with van der Waals surface area (Å²) < 4.78 is 31.9. The molecule has 0 aliphatic carbocycles. The summed E-state index contributed by atoms with van der Waals surface area (Å²) in [4.78, 5) is 20.8. The fourth-order valence-electron chi connectivity index (χ4n) is 4.23. The second kappa shape index (κ2) is 27.1. The zero-order valence-electron chi connectivity index (χ0n) is 24.0. The fourth-order valence-corrected chi connectivity index (χ4v) is 5.00. The number of hydrogen-bond acceptors (Lipinski definition) is 7. The average molecular weight is 552 g/mol. The lowest BCUT2D eigenvalue weighted by molar-refractivity contribution is -0.151. The van der Waals surface area contributed by atoms with Crippen molar-refractivity contribution in [3.8, 4) is 0 Å². The smallest absolute Gasteiger partial charge is 0.458 e. The quantitative estimate of drug-likeness (QED) is 0.0559. The fraction of sp³-hybridized carbons (Fsp3) is 0.964. The summed E-state index contributed by atoms with van der Waals surface area (Å²) in [7, 11) is -4.21. The first kappa shape index (κ1) is 36.5. The van der Waals surface area contributed by atoms with Crippen molar-refractivity contribution in [2.75, 3.05) is 33.0 Å². The number of hydrogen-bond donors (Lipinski definition) is 2. The van der Waals surface area contributed by atoms with Crippen LogP contribution in [-0.4, -0.2) is 49.9 Å². The van der Waals surface area contributed by atoms with E-state index in [0.717, 1.165) is 12.8 Å². The summed E-state index contributed by atoms with van der Waals surface area (Å²) in [6.07, 6.45) is 24.6. The summed E-state index contributed by atoms with van der Waals surface area (Å²) >= 11 is 0. The molecule has 0 rings (SSSR count). The molecule has 0 heterocycles. The van der Waals surface area contributed by atoms with Crippen molar-refractivity contribution in [3.63, 3.8) is 0 Å². The Hall–Kier alpha value is -0.500. The van der Waals surface area contributed by atoms with Gasteiger partial charge in [0, 0.05) is 20.1 Å². The van der Waals surface area contributed by atoms with Gasteiger partial charge >= 0.3 is 13.8 Å². The Morgan fingerprint density at radius 2 is 1.14 bits per heavy atom. The lowest BCUT2D eigenvalue weighted by atomic mass is 10.0. The van der Waals surface area contributed by atoms with Crippen LogP contribution in [0.1, 0.15) is 136 Å². The number of esters is 1. The van der Waals surface area contributed by atoms with Gasteiger partial charge in [0.15, 0.2) is 0 Å². The van der Waals surface area contributed by atoms with E-state index < -0.39 is 19.9 Å². The Labute approximate surface area is 227 Å². The first-order chi connectivity index (χ1) is 17.9. The highest BCUT2D eigenvalue weighted by Gasteiger charge is 2.24. The van der Waals surface area contributed by atoms with Gasteiger partial charge in [0.2, 0.25) is 0 Å². The van der Waals surface area contributed by atoms with Crippen LogP contribution >= 0.6 is 7.82 Å². The van der Waals surface area contributed by atoms with Gasteiger partial charge in [0.1, 0.15) is 6.10 Å². The Kier molecular flexibility index (Phi) is 26.7. The van der Waals surface area contributed by atoms with Crippen molar-refractivity contribution in [3.05, 3.63) is 0 Å². The Morgan fingerprint density at radius 1 is 0.703 bits per heavy atom. The lowest BCUT2D eigenvalue weighted by Gasteiger charge is -2.19. The summed E-state index contributed by atoms with van der Waals surface area (Å²) in [5.41, 5.74) is 5.24. The van der Waals surface area contributed by atoms with Crippen LogP contribution in [0.4, 0.5) is 0 Å². The summed E-state index contributed by atoms with van der Waals surface area (Å²) in [6.45, 7) is 3.93. The maximum Gasteiger partial charge on any atom is 0.472 e. The molecule has 37 heavy (non-hydrogen) atoms. The van der Waals surface area contributed by atoms with Crippen LogP contribution in [0.5, 0.6) is 0 Å². The van der Waals surface area contributed by atoms with Gasteiger partial charge in [-0.2, -0.15) is 0 Å². The molecule has 0 aromatic rings. The molecule has 8 nitrogen and oxygen atoms in total. The minimum absolute atomic E-state index is 0.0953. The molecule has 0 saturated carbocycles. The SMILES string of the molecule is CCCCCCCCCCCCCCCCCCCCCOCC(COP(=O)(O)OCCN)OC(C)=O. The molecular formula is C28H58NO7P. The summed E-state index contributed by atoms with van der Waals surface area (Å²) in [5, 5.41) is 0. The first-order valence-corrected chi connectivity index (χ1v) is 16.5. The minimum atomic E-state index is -4.21. The zero-order chi connectivity index (χ0) is 27.5. The van der Waals surface area contributed by atoms with Crippen LogP contribution in [0, 0.1) is 0 Å². The van der Waals surface area contributed by atoms with E-state index in [0.29, 0.717) is 6.61 Å².